The molecule has 0 saturated heterocycles. The molecule has 1 amide bonds. The van der Waals surface area contributed by atoms with Gasteiger partial charge in [0.15, 0.2) is 0 Å². The summed E-state index contributed by atoms with van der Waals surface area (Å²) in [6.07, 6.45) is 0. The van der Waals surface area contributed by atoms with Crippen LogP contribution in [0.5, 0.6) is 0 Å². The summed E-state index contributed by atoms with van der Waals surface area (Å²) >= 11 is 0. The number of fused-ring (bicyclic) bond motifs is 1. The zero-order valence-corrected chi connectivity index (χ0v) is 17.3. The zero-order valence-electron chi connectivity index (χ0n) is 17.3. The lowest BCUT2D eigenvalue weighted by molar-refractivity contribution is 0.102. The third kappa shape index (κ3) is 4.11. The van der Waals surface area contributed by atoms with Crippen molar-refractivity contribution in [2.75, 3.05) is 19.4 Å². The second-order valence-electron chi connectivity index (χ2n) is 7.81. The summed E-state index contributed by atoms with van der Waals surface area (Å²) in [7, 11) is 4.08. The molecule has 4 nitrogen and oxygen atoms in total. The van der Waals surface area contributed by atoms with Crippen LogP contribution in [0.4, 0.5) is 10.1 Å². The Hall–Kier alpha value is -3.44. The molecule has 30 heavy (non-hydrogen) atoms. The monoisotopic (exact) mass is 401 g/mol. The number of nitrogens with one attached hydrogen (secondary N) is 2. The first-order valence-electron chi connectivity index (χ1n) is 9.84. The number of carbonyl (C=O) groups is 1. The number of hydrogen-bond acceptors (Lipinski definition) is 2. The van der Waals surface area contributed by atoms with E-state index in [0.717, 1.165) is 23.2 Å². The molecule has 5 heteroatoms. The second-order valence-corrected chi connectivity index (χ2v) is 7.81. The summed E-state index contributed by atoms with van der Waals surface area (Å²) in [4.78, 5) is 17.9. The number of hydrogen-bond donors (Lipinski definition) is 2. The fourth-order valence-corrected chi connectivity index (χ4v) is 3.64. The van der Waals surface area contributed by atoms with Crippen molar-refractivity contribution in [2.24, 2.45) is 0 Å². The number of aromatic nitrogens is 1. The van der Waals surface area contributed by atoms with Crippen molar-refractivity contribution in [3.05, 3.63) is 89.4 Å². The predicted molar refractivity (Wildman–Crippen MR) is 120 cm³/mol. The maximum absolute atomic E-state index is 14.1. The molecule has 3 aromatic carbocycles. The zero-order chi connectivity index (χ0) is 21.3. The number of benzene rings is 3. The van der Waals surface area contributed by atoms with E-state index in [0.29, 0.717) is 22.3 Å². The van der Waals surface area contributed by atoms with E-state index < -0.39 is 0 Å². The molecule has 0 unspecified atom stereocenters. The number of H-pyrrole nitrogens is 1. The Morgan fingerprint density at radius 3 is 2.47 bits per heavy atom. The van der Waals surface area contributed by atoms with E-state index in [1.165, 1.54) is 11.6 Å². The minimum absolute atomic E-state index is 0.302. The Labute approximate surface area is 175 Å². The average molecular weight is 401 g/mol. The maximum Gasteiger partial charge on any atom is 0.272 e. The van der Waals surface area contributed by atoms with Crippen LogP contribution in [0.15, 0.2) is 66.7 Å². The molecule has 0 bridgehead atoms. The highest BCUT2D eigenvalue weighted by Gasteiger charge is 2.14. The number of rotatable bonds is 5. The van der Waals surface area contributed by atoms with Gasteiger partial charge in [-0.3, -0.25) is 4.79 Å². The van der Waals surface area contributed by atoms with Crippen molar-refractivity contribution >= 4 is 22.5 Å². The minimum Gasteiger partial charge on any atom is -0.350 e. The van der Waals surface area contributed by atoms with Crippen LogP contribution in [0.1, 0.15) is 21.6 Å². The van der Waals surface area contributed by atoms with Gasteiger partial charge in [-0.15, -0.1) is 0 Å². The van der Waals surface area contributed by atoms with Crippen LogP contribution in [0.25, 0.3) is 22.0 Å². The van der Waals surface area contributed by atoms with Crippen molar-refractivity contribution in [2.45, 2.75) is 13.5 Å². The Kier molecular flexibility index (Phi) is 5.38. The lowest BCUT2D eigenvalue weighted by Gasteiger charge is -2.12. The fraction of sp³-hybridized carbons (Fsp3) is 0.160. The third-order valence-corrected chi connectivity index (χ3v) is 5.07. The third-order valence-electron chi connectivity index (χ3n) is 5.07. The molecule has 0 aliphatic heterocycles. The SMILES string of the molecule is Cc1ccc(F)c2cc(C(=O)Nc3cccc(-c4cccc(CN(C)C)c4)c3)[nH]c12. The second kappa shape index (κ2) is 8.13. The van der Waals surface area contributed by atoms with Crippen LogP contribution >= 0.6 is 0 Å². The molecule has 2 N–H and O–H groups in total. The van der Waals surface area contributed by atoms with Gasteiger partial charge in [-0.1, -0.05) is 36.4 Å². The first-order valence-corrected chi connectivity index (χ1v) is 9.84. The van der Waals surface area contributed by atoms with Gasteiger partial charge in [-0.25, -0.2) is 4.39 Å². The Morgan fingerprint density at radius 2 is 1.73 bits per heavy atom. The van der Waals surface area contributed by atoms with E-state index in [4.69, 9.17) is 0 Å². The van der Waals surface area contributed by atoms with Gasteiger partial charge in [-0.05, 0) is 73.6 Å². The van der Waals surface area contributed by atoms with Gasteiger partial charge < -0.3 is 15.2 Å². The normalized spacial score (nSPS) is 11.2. The first-order chi connectivity index (χ1) is 14.4. The van der Waals surface area contributed by atoms with Crippen molar-refractivity contribution in [1.29, 1.82) is 0 Å². The Morgan fingerprint density at radius 1 is 1.00 bits per heavy atom. The van der Waals surface area contributed by atoms with E-state index >= 15 is 0 Å². The molecule has 0 saturated carbocycles. The summed E-state index contributed by atoms with van der Waals surface area (Å²) in [5, 5.41) is 3.34. The highest BCUT2D eigenvalue weighted by atomic mass is 19.1. The van der Waals surface area contributed by atoms with Gasteiger partial charge >= 0.3 is 0 Å². The summed E-state index contributed by atoms with van der Waals surface area (Å²) in [5.41, 5.74) is 5.89. The first kappa shape index (κ1) is 19.9. The molecule has 0 radical (unpaired) electrons. The molecular weight excluding hydrogens is 377 g/mol. The van der Waals surface area contributed by atoms with Crippen LogP contribution in [-0.4, -0.2) is 29.9 Å². The lowest BCUT2D eigenvalue weighted by atomic mass is 10.0. The summed E-state index contributed by atoms with van der Waals surface area (Å²) in [6, 6.07) is 20.8. The van der Waals surface area contributed by atoms with Gasteiger partial charge in [0.05, 0.1) is 5.52 Å². The minimum atomic E-state index is -0.342. The molecule has 152 valence electrons. The lowest BCUT2D eigenvalue weighted by Crippen LogP contribution is -2.12. The van der Waals surface area contributed by atoms with Crippen LogP contribution in [0.3, 0.4) is 0 Å². The van der Waals surface area contributed by atoms with E-state index in [1.807, 2.05) is 51.4 Å². The summed E-state index contributed by atoms with van der Waals surface area (Å²) in [6.45, 7) is 2.74. The van der Waals surface area contributed by atoms with Gasteiger partial charge in [0.1, 0.15) is 11.5 Å². The van der Waals surface area contributed by atoms with Gasteiger partial charge in [0.25, 0.3) is 5.91 Å². The van der Waals surface area contributed by atoms with Gasteiger partial charge in [0, 0.05) is 17.6 Å². The Balaban J connectivity index is 1.58. The molecule has 1 heterocycles. The van der Waals surface area contributed by atoms with Crippen molar-refractivity contribution < 1.29 is 9.18 Å². The largest absolute Gasteiger partial charge is 0.350 e. The van der Waals surface area contributed by atoms with E-state index in [9.17, 15) is 9.18 Å². The van der Waals surface area contributed by atoms with Crippen molar-refractivity contribution in [3.63, 3.8) is 0 Å². The average Bonchev–Trinajstić information content (AvgIpc) is 3.18. The molecule has 4 rings (SSSR count). The summed E-state index contributed by atoms with van der Waals surface area (Å²) < 4.78 is 14.1. The molecule has 1 aromatic heterocycles. The van der Waals surface area contributed by atoms with Crippen molar-refractivity contribution in [3.8, 4) is 11.1 Å². The molecular formula is C25H24FN3O. The highest BCUT2D eigenvalue weighted by Crippen LogP contribution is 2.26. The highest BCUT2D eigenvalue weighted by molar-refractivity contribution is 6.06. The predicted octanol–water partition coefficient (Wildman–Crippen LogP) is 5.60. The van der Waals surface area contributed by atoms with Crippen LogP contribution in [-0.2, 0) is 6.54 Å². The molecule has 0 atom stereocenters. The number of halogens is 1. The number of anilines is 1. The fourth-order valence-electron chi connectivity index (χ4n) is 3.64. The number of amides is 1. The van der Waals surface area contributed by atoms with Gasteiger partial charge in [0.2, 0.25) is 0 Å². The smallest absolute Gasteiger partial charge is 0.272 e. The van der Waals surface area contributed by atoms with E-state index in [2.05, 4.69) is 33.4 Å². The standard InChI is InChI=1S/C25H24FN3O/c1-16-10-11-22(26)21-14-23(28-24(16)21)25(30)27-20-9-5-8-19(13-20)18-7-4-6-17(12-18)15-29(2)3/h4-14,28H,15H2,1-3H3,(H,27,30). The Bertz CT molecular complexity index is 1190. The quantitative estimate of drug-likeness (QED) is 0.458. The van der Waals surface area contributed by atoms with Gasteiger partial charge in [-0.2, -0.15) is 0 Å². The van der Waals surface area contributed by atoms with Crippen molar-refractivity contribution in [1.82, 2.24) is 9.88 Å². The van der Waals surface area contributed by atoms with E-state index in [-0.39, 0.29) is 11.7 Å². The number of aryl methyl sites for hydroxylation is 1. The maximum atomic E-state index is 14.1. The molecule has 0 aliphatic rings. The van der Waals surface area contributed by atoms with Crippen LogP contribution in [0.2, 0.25) is 0 Å². The number of nitrogens with zero attached hydrogens (tertiary/aromatic N) is 1. The topological polar surface area (TPSA) is 48.1 Å². The summed E-state index contributed by atoms with van der Waals surface area (Å²) in [5.74, 6) is -0.644. The molecule has 0 fully saturated rings. The number of carbonyl (C=O) groups excluding carboxylic acids is 1. The number of aromatic amines is 1. The van der Waals surface area contributed by atoms with Crippen LogP contribution < -0.4 is 5.32 Å². The molecule has 0 spiro atoms. The molecule has 0 aliphatic carbocycles. The van der Waals surface area contributed by atoms with E-state index in [1.54, 1.807) is 12.1 Å². The molecule has 4 aromatic rings. The van der Waals surface area contributed by atoms with Crippen LogP contribution in [0, 0.1) is 12.7 Å².